The maximum atomic E-state index is 11.1. The Kier molecular flexibility index (Phi) is 3.52. The van der Waals surface area contributed by atoms with Gasteiger partial charge in [-0.15, -0.1) is 0 Å². The molecule has 2 aromatic rings. The second-order valence-electron chi connectivity index (χ2n) is 5.15. The van der Waals surface area contributed by atoms with Gasteiger partial charge >= 0.3 is 5.97 Å². The van der Waals surface area contributed by atoms with Crippen LogP contribution in [0.1, 0.15) is 21.5 Å². The summed E-state index contributed by atoms with van der Waals surface area (Å²) in [7, 11) is 1.68. The molecule has 0 radical (unpaired) electrons. The van der Waals surface area contributed by atoms with E-state index in [2.05, 4.69) is 11.0 Å². The van der Waals surface area contributed by atoms with E-state index in [9.17, 15) is 4.79 Å². The number of carboxylic acids is 1. The number of para-hydroxylation sites is 1. The van der Waals surface area contributed by atoms with Crippen LogP contribution in [-0.2, 0) is 13.0 Å². The number of methoxy groups -OCH3 is 1. The number of aromatic carboxylic acids is 1. The fourth-order valence-electron chi connectivity index (χ4n) is 2.84. The summed E-state index contributed by atoms with van der Waals surface area (Å²) in [6, 6.07) is 13.2. The predicted octanol–water partition coefficient (Wildman–Crippen LogP) is 2.96. The number of anilines is 1. The zero-order chi connectivity index (χ0) is 14.8. The first-order valence-electron chi connectivity index (χ1n) is 6.92. The van der Waals surface area contributed by atoms with Crippen molar-refractivity contribution in [2.45, 2.75) is 13.0 Å². The van der Waals surface area contributed by atoms with Crippen molar-refractivity contribution < 1.29 is 14.6 Å². The van der Waals surface area contributed by atoms with Gasteiger partial charge in [0.15, 0.2) is 0 Å². The van der Waals surface area contributed by atoms with E-state index < -0.39 is 5.97 Å². The van der Waals surface area contributed by atoms with Gasteiger partial charge in [-0.3, -0.25) is 0 Å². The average Bonchev–Trinajstić information content (AvgIpc) is 2.91. The fourth-order valence-corrected chi connectivity index (χ4v) is 2.84. The zero-order valence-corrected chi connectivity index (χ0v) is 11.9. The summed E-state index contributed by atoms with van der Waals surface area (Å²) in [5.74, 6) is -0.0179. The highest BCUT2D eigenvalue weighted by atomic mass is 16.5. The van der Waals surface area contributed by atoms with Crippen LogP contribution in [0.25, 0.3) is 0 Å². The smallest absolute Gasteiger partial charge is 0.335 e. The topological polar surface area (TPSA) is 49.8 Å². The van der Waals surface area contributed by atoms with Gasteiger partial charge in [-0.25, -0.2) is 4.79 Å². The van der Waals surface area contributed by atoms with Gasteiger partial charge in [-0.1, -0.05) is 24.3 Å². The molecule has 1 aliphatic rings. The summed E-state index contributed by atoms with van der Waals surface area (Å²) in [5, 5.41) is 9.08. The standard InChI is InChI=1S/C17H17NO3/c1-21-15-7-3-5-13-8-9-18(16(13)15)11-12-4-2-6-14(10-12)17(19)20/h2-7,10H,8-9,11H2,1H3,(H,19,20). The first-order valence-corrected chi connectivity index (χ1v) is 6.92. The Morgan fingerprint density at radius 1 is 1.29 bits per heavy atom. The van der Waals surface area contributed by atoms with E-state index in [1.165, 1.54) is 5.56 Å². The number of carbonyl (C=O) groups is 1. The monoisotopic (exact) mass is 283 g/mol. The highest BCUT2D eigenvalue weighted by Gasteiger charge is 2.23. The third-order valence-electron chi connectivity index (χ3n) is 3.82. The van der Waals surface area contributed by atoms with Crippen LogP contribution in [0.2, 0.25) is 0 Å². The summed E-state index contributed by atoms with van der Waals surface area (Å²) < 4.78 is 5.45. The lowest BCUT2D eigenvalue weighted by molar-refractivity contribution is 0.0696. The molecule has 1 heterocycles. The maximum Gasteiger partial charge on any atom is 0.335 e. The second-order valence-corrected chi connectivity index (χ2v) is 5.15. The first kappa shape index (κ1) is 13.5. The number of fused-ring (bicyclic) bond motifs is 1. The molecule has 0 aliphatic carbocycles. The molecule has 0 atom stereocenters. The summed E-state index contributed by atoms with van der Waals surface area (Å²) in [5.41, 5.74) is 3.73. The van der Waals surface area contributed by atoms with Gasteiger partial charge in [-0.05, 0) is 35.7 Å². The number of nitrogens with zero attached hydrogens (tertiary/aromatic N) is 1. The molecule has 0 saturated carbocycles. The molecule has 108 valence electrons. The van der Waals surface area contributed by atoms with Crippen molar-refractivity contribution in [1.29, 1.82) is 0 Å². The van der Waals surface area contributed by atoms with Crippen LogP contribution >= 0.6 is 0 Å². The average molecular weight is 283 g/mol. The molecule has 0 bridgehead atoms. The van der Waals surface area contributed by atoms with Crippen LogP contribution in [0.4, 0.5) is 5.69 Å². The Labute approximate surface area is 123 Å². The molecule has 0 saturated heterocycles. The molecule has 0 amide bonds. The summed E-state index contributed by atoms with van der Waals surface area (Å²) >= 11 is 0. The van der Waals surface area contributed by atoms with Crippen LogP contribution in [0.5, 0.6) is 5.75 Å². The molecule has 2 aromatic carbocycles. The van der Waals surface area contributed by atoms with Gasteiger partial charge in [-0.2, -0.15) is 0 Å². The van der Waals surface area contributed by atoms with E-state index in [0.29, 0.717) is 12.1 Å². The van der Waals surface area contributed by atoms with Gasteiger partial charge in [0.05, 0.1) is 18.4 Å². The van der Waals surface area contributed by atoms with E-state index in [0.717, 1.165) is 30.0 Å². The summed E-state index contributed by atoms with van der Waals surface area (Å²) in [6.45, 7) is 1.61. The van der Waals surface area contributed by atoms with Crippen LogP contribution in [0.15, 0.2) is 42.5 Å². The SMILES string of the molecule is COc1cccc2c1N(Cc1cccc(C(=O)O)c1)CC2. The molecule has 1 aliphatic heterocycles. The Hall–Kier alpha value is -2.49. The highest BCUT2D eigenvalue weighted by molar-refractivity contribution is 5.87. The van der Waals surface area contributed by atoms with E-state index in [-0.39, 0.29) is 0 Å². The highest BCUT2D eigenvalue weighted by Crippen LogP contribution is 2.37. The molecule has 0 unspecified atom stereocenters. The lowest BCUT2D eigenvalue weighted by Crippen LogP contribution is -2.20. The number of hydrogen-bond acceptors (Lipinski definition) is 3. The van der Waals surface area contributed by atoms with Crippen LogP contribution in [0, 0.1) is 0 Å². The molecule has 4 heteroatoms. The minimum absolute atomic E-state index is 0.326. The summed E-state index contributed by atoms with van der Waals surface area (Å²) in [4.78, 5) is 13.3. The van der Waals surface area contributed by atoms with E-state index >= 15 is 0 Å². The van der Waals surface area contributed by atoms with Crippen molar-refractivity contribution in [2.75, 3.05) is 18.6 Å². The van der Waals surface area contributed by atoms with Crippen molar-refractivity contribution in [2.24, 2.45) is 0 Å². The molecule has 21 heavy (non-hydrogen) atoms. The molecular weight excluding hydrogens is 266 g/mol. The van der Waals surface area contributed by atoms with E-state index in [1.54, 1.807) is 25.3 Å². The van der Waals surface area contributed by atoms with Crippen LogP contribution in [0.3, 0.4) is 0 Å². The molecule has 0 fully saturated rings. The Morgan fingerprint density at radius 2 is 2.10 bits per heavy atom. The van der Waals surface area contributed by atoms with E-state index in [1.807, 2.05) is 18.2 Å². The molecule has 4 nitrogen and oxygen atoms in total. The largest absolute Gasteiger partial charge is 0.495 e. The van der Waals surface area contributed by atoms with Crippen molar-refractivity contribution in [1.82, 2.24) is 0 Å². The van der Waals surface area contributed by atoms with Crippen molar-refractivity contribution in [3.05, 3.63) is 59.2 Å². The van der Waals surface area contributed by atoms with Crippen molar-refractivity contribution in [3.8, 4) is 5.75 Å². The predicted molar refractivity (Wildman–Crippen MR) is 81.1 cm³/mol. The molecular formula is C17H17NO3. The number of carboxylic acid groups (broad SMARTS) is 1. The maximum absolute atomic E-state index is 11.1. The third-order valence-corrected chi connectivity index (χ3v) is 3.82. The van der Waals surface area contributed by atoms with Crippen molar-refractivity contribution in [3.63, 3.8) is 0 Å². The van der Waals surface area contributed by atoms with Crippen LogP contribution in [-0.4, -0.2) is 24.7 Å². The Balaban J connectivity index is 1.89. The van der Waals surface area contributed by atoms with Crippen LogP contribution < -0.4 is 9.64 Å². The van der Waals surface area contributed by atoms with Gasteiger partial charge < -0.3 is 14.7 Å². The normalized spacial score (nSPS) is 13.1. The minimum atomic E-state index is -0.892. The number of hydrogen-bond donors (Lipinski definition) is 1. The molecule has 3 rings (SSSR count). The zero-order valence-electron chi connectivity index (χ0n) is 11.9. The number of benzene rings is 2. The van der Waals surface area contributed by atoms with Gasteiger partial charge in [0.2, 0.25) is 0 Å². The first-order chi connectivity index (χ1) is 10.2. The van der Waals surface area contributed by atoms with E-state index in [4.69, 9.17) is 9.84 Å². The van der Waals surface area contributed by atoms with Gasteiger partial charge in [0.1, 0.15) is 5.75 Å². The van der Waals surface area contributed by atoms with Crippen molar-refractivity contribution >= 4 is 11.7 Å². The Bertz CT molecular complexity index is 681. The fraction of sp³-hybridized carbons (Fsp3) is 0.235. The quantitative estimate of drug-likeness (QED) is 0.937. The summed E-state index contributed by atoms with van der Waals surface area (Å²) in [6.07, 6.45) is 0.991. The third kappa shape index (κ3) is 2.57. The molecule has 0 spiro atoms. The van der Waals surface area contributed by atoms with Gasteiger partial charge in [0, 0.05) is 13.1 Å². The number of rotatable bonds is 4. The van der Waals surface area contributed by atoms with Gasteiger partial charge in [0.25, 0.3) is 0 Å². The molecule has 0 aromatic heterocycles. The lowest BCUT2D eigenvalue weighted by atomic mass is 10.1. The lowest BCUT2D eigenvalue weighted by Gasteiger charge is -2.21. The Morgan fingerprint density at radius 3 is 2.86 bits per heavy atom. The molecule has 1 N–H and O–H groups in total. The minimum Gasteiger partial charge on any atom is -0.495 e. The second kappa shape index (κ2) is 5.48. The number of ether oxygens (including phenoxy) is 1.